The Balaban J connectivity index is 1.65. The van der Waals surface area contributed by atoms with Crippen molar-refractivity contribution in [1.29, 1.82) is 0 Å². The van der Waals surface area contributed by atoms with Crippen LogP contribution in [-0.2, 0) is 14.4 Å². The molecule has 1 fully saturated rings. The molecule has 3 unspecified atom stereocenters. The lowest BCUT2D eigenvalue weighted by Crippen LogP contribution is -2.50. The third-order valence-electron chi connectivity index (χ3n) is 5.89. The number of aliphatic hydroxyl groups excluding tert-OH is 1. The Morgan fingerprint density at radius 3 is 2.41 bits per heavy atom. The van der Waals surface area contributed by atoms with Gasteiger partial charge in [-0.05, 0) is 55.7 Å². The average molecular weight is 470 g/mol. The normalized spacial score (nSPS) is 17.0. The molecule has 4 N–H and O–H groups in total. The van der Waals surface area contributed by atoms with Gasteiger partial charge in [0.15, 0.2) is 0 Å². The molecule has 2 aromatic rings. The van der Waals surface area contributed by atoms with E-state index in [0.717, 1.165) is 6.42 Å². The highest BCUT2D eigenvalue weighted by molar-refractivity contribution is 5.98. The second-order valence-corrected chi connectivity index (χ2v) is 8.29. The van der Waals surface area contributed by atoms with Gasteiger partial charge < -0.3 is 20.1 Å². The second-order valence-electron chi connectivity index (χ2n) is 8.29. The minimum atomic E-state index is -1.69. The number of nitrogens with zero attached hydrogens (tertiary/aromatic N) is 1. The fourth-order valence-electron chi connectivity index (χ4n) is 4.06. The molecule has 3 amide bonds. The van der Waals surface area contributed by atoms with Crippen LogP contribution >= 0.6 is 0 Å². The van der Waals surface area contributed by atoms with E-state index in [2.05, 4.69) is 5.32 Å². The SMILES string of the molecule is CCCCC(C(=O)N1CCCC1C(=O)Nc1ccc(Oc2ccccc2)cc1)C(O)C(=O)NO. The first kappa shape index (κ1) is 25.2. The number of nitrogens with one attached hydrogen (secondary N) is 2. The highest BCUT2D eigenvalue weighted by atomic mass is 16.5. The number of hydrogen-bond acceptors (Lipinski definition) is 6. The Bertz CT molecular complexity index is 966. The predicted molar refractivity (Wildman–Crippen MR) is 125 cm³/mol. The molecular weight excluding hydrogens is 438 g/mol. The van der Waals surface area contributed by atoms with Crippen molar-refractivity contribution in [2.24, 2.45) is 5.92 Å². The van der Waals surface area contributed by atoms with Gasteiger partial charge in [-0.15, -0.1) is 0 Å². The number of unbranched alkanes of at least 4 members (excludes halogenated alkanes) is 1. The molecule has 1 heterocycles. The van der Waals surface area contributed by atoms with E-state index in [1.807, 2.05) is 37.3 Å². The first-order valence-electron chi connectivity index (χ1n) is 11.5. The summed E-state index contributed by atoms with van der Waals surface area (Å²) in [4.78, 5) is 39.4. The minimum Gasteiger partial charge on any atom is -0.457 e. The summed E-state index contributed by atoms with van der Waals surface area (Å²) in [6.07, 6.45) is 1.09. The van der Waals surface area contributed by atoms with Crippen molar-refractivity contribution in [3.8, 4) is 11.5 Å². The van der Waals surface area contributed by atoms with Crippen LogP contribution < -0.4 is 15.5 Å². The molecule has 1 aliphatic heterocycles. The van der Waals surface area contributed by atoms with Crippen LogP contribution in [0, 0.1) is 5.92 Å². The molecule has 1 aliphatic rings. The van der Waals surface area contributed by atoms with E-state index in [0.29, 0.717) is 43.0 Å². The molecular formula is C25H31N3O6. The van der Waals surface area contributed by atoms with E-state index < -0.39 is 29.9 Å². The Labute approximate surface area is 198 Å². The molecule has 0 radical (unpaired) electrons. The zero-order valence-electron chi connectivity index (χ0n) is 19.1. The van der Waals surface area contributed by atoms with Crippen molar-refractivity contribution in [3.63, 3.8) is 0 Å². The number of hydroxylamine groups is 1. The standard InChI is InChI=1S/C25H31N3O6/c1-2-3-10-20(22(29)24(31)27-33)25(32)28-16-7-11-21(28)23(30)26-17-12-14-19(15-13-17)34-18-8-5-4-6-9-18/h4-6,8-9,12-15,20-22,29,33H,2-3,7,10-11,16H2,1H3,(H,26,30)(H,27,31). The zero-order valence-corrected chi connectivity index (χ0v) is 19.1. The lowest BCUT2D eigenvalue weighted by molar-refractivity contribution is -0.152. The summed E-state index contributed by atoms with van der Waals surface area (Å²) >= 11 is 0. The molecule has 9 heteroatoms. The van der Waals surface area contributed by atoms with Gasteiger partial charge in [0.05, 0.1) is 5.92 Å². The molecule has 0 saturated carbocycles. The molecule has 2 aromatic carbocycles. The Hall–Kier alpha value is -3.43. The number of carbonyl (C=O) groups is 3. The van der Waals surface area contributed by atoms with Crippen molar-refractivity contribution in [2.45, 2.75) is 51.2 Å². The highest BCUT2D eigenvalue weighted by Crippen LogP contribution is 2.26. The van der Waals surface area contributed by atoms with Gasteiger partial charge in [-0.2, -0.15) is 0 Å². The maximum absolute atomic E-state index is 13.2. The zero-order chi connectivity index (χ0) is 24.5. The molecule has 9 nitrogen and oxygen atoms in total. The molecule has 3 atom stereocenters. The number of benzene rings is 2. The van der Waals surface area contributed by atoms with Crippen LogP contribution in [0.25, 0.3) is 0 Å². The third kappa shape index (κ3) is 6.33. The third-order valence-corrected chi connectivity index (χ3v) is 5.89. The van der Waals surface area contributed by atoms with Gasteiger partial charge >= 0.3 is 0 Å². The first-order valence-corrected chi connectivity index (χ1v) is 11.5. The van der Waals surface area contributed by atoms with E-state index in [-0.39, 0.29) is 12.3 Å². The Morgan fingerprint density at radius 2 is 1.76 bits per heavy atom. The lowest BCUT2D eigenvalue weighted by Gasteiger charge is -2.30. The van der Waals surface area contributed by atoms with Crippen molar-refractivity contribution < 1.29 is 29.4 Å². The molecule has 0 aliphatic carbocycles. The first-order chi connectivity index (χ1) is 16.4. The van der Waals surface area contributed by atoms with Crippen LogP contribution in [0.15, 0.2) is 54.6 Å². The Kier molecular flexibility index (Phi) is 9.00. The second kappa shape index (κ2) is 12.2. The molecule has 34 heavy (non-hydrogen) atoms. The summed E-state index contributed by atoms with van der Waals surface area (Å²) in [5.74, 6) is -1.54. The monoisotopic (exact) mass is 469 g/mol. The van der Waals surface area contributed by atoms with Crippen molar-refractivity contribution in [3.05, 3.63) is 54.6 Å². The van der Waals surface area contributed by atoms with E-state index in [9.17, 15) is 19.5 Å². The van der Waals surface area contributed by atoms with Gasteiger partial charge in [-0.3, -0.25) is 19.6 Å². The largest absolute Gasteiger partial charge is 0.457 e. The summed E-state index contributed by atoms with van der Waals surface area (Å²) in [7, 11) is 0. The molecule has 0 aromatic heterocycles. The highest BCUT2D eigenvalue weighted by Gasteiger charge is 2.41. The van der Waals surface area contributed by atoms with Crippen LogP contribution in [0.5, 0.6) is 11.5 Å². The van der Waals surface area contributed by atoms with Gasteiger partial charge in [0.2, 0.25) is 11.8 Å². The molecule has 182 valence electrons. The summed E-state index contributed by atoms with van der Waals surface area (Å²) < 4.78 is 5.76. The van der Waals surface area contributed by atoms with Crippen molar-refractivity contribution >= 4 is 23.4 Å². The summed E-state index contributed by atoms with van der Waals surface area (Å²) in [5.41, 5.74) is 1.97. The fraction of sp³-hybridized carbons (Fsp3) is 0.400. The van der Waals surface area contributed by atoms with E-state index >= 15 is 0 Å². The molecule has 0 bridgehead atoms. The van der Waals surface area contributed by atoms with E-state index in [1.165, 1.54) is 10.4 Å². The Morgan fingerprint density at radius 1 is 1.09 bits per heavy atom. The van der Waals surface area contributed by atoms with Gasteiger partial charge in [0, 0.05) is 12.2 Å². The minimum absolute atomic E-state index is 0.275. The predicted octanol–water partition coefficient (Wildman–Crippen LogP) is 3.08. The smallest absolute Gasteiger partial charge is 0.272 e. The van der Waals surface area contributed by atoms with Crippen LogP contribution in [0.2, 0.25) is 0 Å². The van der Waals surface area contributed by atoms with Gasteiger partial charge in [0.1, 0.15) is 23.6 Å². The number of para-hydroxylation sites is 1. The number of amides is 3. The summed E-state index contributed by atoms with van der Waals surface area (Å²) in [5, 5.41) is 22.0. The topological polar surface area (TPSA) is 128 Å². The molecule has 3 rings (SSSR count). The van der Waals surface area contributed by atoms with Gasteiger partial charge in [-0.25, -0.2) is 5.48 Å². The number of aliphatic hydroxyl groups is 1. The van der Waals surface area contributed by atoms with Gasteiger partial charge in [-0.1, -0.05) is 38.0 Å². The maximum atomic E-state index is 13.2. The number of ether oxygens (including phenoxy) is 1. The van der Waals surface area contributed by atoms with Crippen molar-refractivity contribution in [1.82, 2.24) is 10.4 Å². The number of anilines is 1. The fourth-order valence-corrected chi connectivity index (χ4v) is 4.06. The maximum Gasteiger partial charge on any atom is 0.272 e. The van der Waals surface area contributed by atoms with Crippen molar-refractivity contribution in [2.75, 3.05) is 11.9 Å². The lowest BCUT2D eigenvalue weighted by atomic mass is 9.93. The summed E-state index contributed by atoms with van der Waals surface area (Å²) in [6, 6.07) is 15.6. The molecule has 0 spiro atoms. The quantitative estimate of drug-likeness (QED) is 0.313. The van der Waals surface area contributed by atoms with Crippen LogP contribution in [0.3, 0.4) is 0 Å². The van der Waals surface area contributed by atoms with E-state index in [1.54, 1.807) is 24.3 Å². The average Bonchev–Trinajstić information content (AvgIpc) is 3.35. The molecule has 1 saturated heterocycles. The van der Waals surface area contributed by atoms with Crippen LogP contribution in [0.4, 0.5) is 5.69 Å². The number of rotatable bonds is 10. The number of carbonyl (C=O) groups excluding carboxylic acids is 3. The van der Waals surface area contributed by atoms with E-state index in [4.69, 9.17) is 9.94 Å². The van der Waals surface area contributed by atoms with Gasteiger partial charge in [0.25, 0.3) is 5.91 Å². The number of likely N-dealkylation sites (tertiary alicyclic amines) is 1. The van der Waals surface area contributed by atoms with Crippen LogP contribution in [-0.4, -0.2) is 51.6 Å². The van der Waals surface area contributed by atoms with Crippen LogP contribution in [0.1, 0.15) is 39.0 Å². The number of hydrogen-bond donors (Lipinski definition) is 4. The summed E-state index contributed by atoms with van der Waals surface area (Å²) in [6.45, 7) is 2.29.